The van der Waals surface area contributed by atoms with E-state index < -0.39 is 0 Å². The van der Waals surface area contributed by atoms with Crippen LogP contribution in [-0.4, -0.2) is 47.9 Å². The van der Waals surface area contributed by atoms with Crippen LogP contribution >= 0.6 is 11.8 Å². The van der Waals surface area contributed by atoms with Crippen LogP contribution in [0.3, 0.4) is 0 Å². The standard InChI is InChI=1S/C6H13N3O3.C6H6.C4H6OS/c1-5(6(10)7-2)8-3-4-12-9-11;1-2-4-6-5-3-1;5-4-2-1-3-6-4/h9,11H,3-4H2,1-2H3,(H,7,10);1-6H;1-3H2. The zero-order chi connectivity index (χ0) is 18.0. The minimum absolute atomic E-state index is 0.213. The zero-order valence-electron chi connectivity index (χ0n) is 14.0. The molecule has 1 aliphatic heterocycles. The second-order valence-corrected chi connectivity index (χ2v) is 5.62. The Balaban J connectivity index is 0.000000364. The summed E-state index contributed by atoms with van der Waals surface area (Å²) in [5, 5.41) is 10.8. The predicted molar refractivity (Wildman–Crippen MR) is 96.1 cm³/mol. The van der Waals surface area contributed by atoms with Gasteiger partial charge >= 0.3 is 0 Å². The van der Waals surface area contributed by atoms with Crippen molar-refractivity contribution in [1.82, 2.24) is 11.0 Å². The maximum absolute atomic E-state index is 10.8. The molecule has 2 rings (SSSR count). The number of amides is 1. The van der Waals surface area contributed by atoms with Gasteiger partial charge in [-0.3, -0.25) is 24.6 Å². The fraction of sp³-hybridized carbons (Fsp3) is 0.438. The molecule has 0 aliphatic carbocycles. The Morgan fingerprint density at radius 2 is 1.88 bits per heavy atom. The average Bonchev–Trinajstić information content (AvgIpc) is 3.11. The minimum atomic E-state index is -0.216. The van der Waals surface area contributed by atoms with Crippen LogP contribution in [0.2, 0.25) is 0 Å². The molecule has 8 heteroatoms. The molecule has 1 saturated heterocycles. The van der Waals surface area contributed by atoms with Crippen molar-refractivity contribution in [3.05, 3.63) is 36.4 Å². The van der Waals surface area contributed by atoms with Gasteiger partial charge < -0.3 is 5.32 Å². The van der Waals surface area contributed by atoms with Gasteiger partial charge in [0.25, 0.3) is 5.91 Å². The Hall–Kier alpha value is -1.74. The molecule has 0 radical (unpaired) electrons. The Bertz CT molecular complexity index is 449. The second kappa shape index (κ2) is 16.1. The van der Waals surface area contributed by atoms with Gasteiger partial charge in [0.2, 0.25) is 0 Å². The quantitative estimate of drug-likeness (QED) is 0.423. The van der Waals surface area contributed by atoms with E-state index in [4.69, 9.17) is 5.21 Å². The summed E-state index contributed by atoms with van der Waals surface area (Å²) in [5.41, 5.74) is 1.90. The van der Waals surface area contributed by atoms with Gasteiger partial charge in [-0.2, -0.15) is 0 Å². The van der Waals surface area contributed by atoms with Gasteiger partial charge in [0, 0.05) is 19.2 Å². The largest absolute Gasteiger partial charge is 0.354 e. The molecule has 7 nitrogen and oxygen atoms in total. The normalized spacial score (nSPS) is 13.3. The summed E-state index contributed by atoms with van der Waals surface area (Å²) in [4.78, 5) is 29.3. The number of carbonyl (C=O) groups excluding carboxylic acids is 2. The van der Waals surface area contributed by atoms with Crippen molar-refractivity contribution >= 4 is 28.5 Å². The predicted octanol–water partition coefficient (Wildman–Crippen LogP) is 1.83. The lowest BCUT2D eigenvalue weighted by atomic mass is 10.4. The van der Waals surface area contributed by atoms with Crippen LogP contribution in [0, 0.1) is 0 Å². The third-order valence-corrected chi connectivity index (χ3v) is 3.64. The lowest BCUT2D eigenvalue weighted by Gasteiger charge is -1.99. The molecule has 0 saturated carbocycles. The number of hydrogen-bond donors (Lipinski definition) is 3. The van der Waals surface area contributed by atoms with Crippen molar-refractivity contribution < 1.29 is 19.6 Å². The fourth-order valence-electron chi connectivity index (χ4n) is 1.42. The lowest BCUT2D eigenvalue weighted by Crippen LogP contribution is -2.26. The highest BCUT2D eigenvalue weighted by Gasteiger charge is 2.08. The molecule has 1 amide bonds. The third-order valence-electron chi connectivity index (χ3n) is 2.62. The molecular weight excluding hydrogens is 330 g/mol. The van der Waals surface area contributed by atoms with E-state index in [0.29, 0.717) is 17.4 Å². The summed E-state index contributed by atoms with van der Waals surface area (Å²) in [6, 6.07) is 12.0. The van der Waals surface area contributed by atoms with E-state index in [9.17, 15) is 9.59 Å². The summed E-state index contributed by atoms with van der Waals surface area (Å²) < 4.78 is 0. The highest BCUT2D eigenvalue weighted by molar-refractivity contribution is 8.14. The number of thioether (sulfide) groups is 1. The summed E-state index contributed by atoms with van der Waals surface area (Å²) in [5.74, 6) is 0.839. The first-order valence-electron chi connectivity index (χ1n) is 7.51. The van der Waals surface area contributed by atoms with Crippen molar-refractivity contribution in [3.8, 4) is 0 Å². The number of aliphatic imine (C=N–C) groups is 1. The smallest absolute Gasteiger partial charge is 0.264 e. The van der Waals surface area contributed by atoms with Crippen LogP contribution in [-0.2, 0) is 14.4 Å². The summed E-state index contributed by atoms with van der Waals surface area (Å²) >= 11 is 1.46. The van der Waals surface area contributed by atoms with E-state index in [1.54, 1.807) is 6.92 Å². The Labute approximate surface area is 146 Å². The number of rotatable bonds is 5. The van der Waals surface area contributed by atoms with E-state index >= 15 is 0 Å². The summed E-state index contributed by atoms with van der Waals surface area (Å²) in [6.07, 6.45) is 1.91. The Kier molecular flexibility index (Phi) is 15.0. The Morgan fingerprint density at radius 1 is 1.29 bits per heavy atom. The molecule has 1 fully saturated rings. The topological polar surface area (TPSA) is 100 Å². The lowest BCUT2D eigenvalue weighted by molar-refractivity contribution is -0.124. The van der Waals surface area contributed by atoms with Crippen LogP contribution < -0.4 is 11.0 Å². The number of nitrogens with zero attached hydrogens (tertiary/aromatic N) is 1. The van der Waals surface area contributed by atoms with Gasteiger partial charge in [0.15, 0.2) is 5.12 Å². The maximum atomic E-state index is 10.8. The average molecular weight is 355 g/mol. The molecule has 0 bridgehead atoms. The van der Waals surface area contributed by atoms with E-state index in [0.717, 1.165) is 18.6 Å². The molecule has 0 unspecified atom stereocenters. The first-order valence-corrected chi connectivity index (χ1v) is 8.50. The van der Waals surface area contributed by atoms with Gasteiger partial charge in [-0.1, -0.05) is 53.8 Å². The van der Waals surface area contributed by atoms with E-state index in [1.807, 2.05) is 36.4 Å². The molecule has 0 spiro atoms. The maximum Gasteiger partial charge on any atom is 0.264 e. The second-order valence-electron chi connectivity index (χ2n) is 4.46. The van der Waals surface area contributed by atoms with Crippen LogP contribution in [0.5, 0.6) is 0 Å². The van der Waals surface area contributed by atoms with E-state index in [2.05, 4.69) is 15.1 Å². The molecule has 1 heterocycles. The van der Waals surface area contributed by atoms with Gasteiger partial charge in [0.05, 0.1) is 18.9 Å². The van der Waals surface area contributed by atoms with Crippen molar-refractivity contribution in [2.75, 3.05) is 26.0 Å². The van der Waals surface area contributed by atoms with Crippen molar-refractivity contribution in [1.29, 1.82) is 0 Å². The molecule has 1 aliphatic rings. The van der Waals surface area contributed by atoms with Crippen LogP contribution in [0.1, 0.15) is 19.8 Å². The van der Waals surface area contributed by atoms with E-state index in [1.165, 1.54) is 24.5 Å². The monoisotopic (exact) mass is 355 g/mol. The number of benzene rings is 1. The van der Waals surface area contributed by atoms with Crippen LogP contribution in [0.4, 0.5) is 0 Å². The van der Waals surface area contributed by atoms with Gasteiger partial charge in [-0.05, 0) is 13.3 Å². The number of carbonyl (C=O) groups is 2. The molecule has 1 aromatic carbocycles. The first kappa shape index (κ1) is 22.3. The first-order chi connectivity index (χ1) is 11.6. The third kappa shape index (κ3) is 13.9. The fourth-order valence-corrected chi connectivity index (χ4v) is 2.22. The molecule has 24 heavy (non-hydrogen) atoms. The highest BCUT2D eigenvalue weighted by atomic mass is 32.2. The number of nitrogens with one attached hydrogen (secondary N) is 2. The number of hydrogen-bond acceptors (Lipinski definition) is 7. The van der Waals surface area contributed by atoms with Crippen molar-refractivity contribution in [3.63, 3.8) is 0 Å². The molecule has 1 aromatic rings. The molecule has 134 valence electrons. The molecule has 0 atom stereocenters. The molecule has 0 aromatic heterocycles. The van der Waals surface area contributed by atoms with E-state index in [-0.39, 0.29) is 12.5 Å². The van der Waals surface area contributed by atoms with Crippen LogP contribution in [0.15, 0.2) is 41.4 Å². The zero-order valence-corrected chi connectivity index (χ0v) is 14.8. The van der Waals surface area contributed by atoms with Crippen molar-refractivity contribution in [2.45, 2.75) is 19.8 Å². The van der Waals surface area contributed by atoms with Gasteiger partial charge in [-0.15, -0.1) is 0 Å². The highest BCUT2D eigenvalue weighted by Crippen LogP contribution is 2.17. The summed E-state index contributed by atoms with van der Waals surface area (Å²) in [7, 11) is 1.53. The summed E-state index contributed by atoms with van der Waals surface area (Å²) in [6.45, 7) is 2.14. The molecule has 3 N–H and O–H groups in total. The van der Waals surface area contributed by atoms with Gasteiger partial charge in [0.1, 0.15) is 0 Å². The molecular formula is C16H25N3O4S. The van der Waals surface area contributed by atoms with Gasteiger partial charge in [-0.25, -0.2) is 0 Å². The SMILES string of the molecule is CNC(=O)C(C)=NCCONO.O=C1CCCS1.c1ccccc1. The Morgan fingerprint density at radius 3 is 2.21 bits per heavy atom. The van der Waals surface area contributed by atoms with Crippen LogP contribution in [0.25, 0.3) is 0 Å². The minimum Gasteiger partial charge on any atom is -0.354 e. The van der Waals surface area contributed by atoms with Crippen molar-refractivity contribution in [2.24, 2.45) is 4.99 Å².